The van der Waals surface area contributed by atoms with Gasteiger partial charge in [-0.15, -0.1) is 5.10 Å². The Morgan fingerprint density at radius 3 is 2.80 bits per heavy atom. The molecule has 0 bridgehead atoms. The topological polar surface area (TPSA) is 85.8 Å². The lowest BCUT2D eigenvalue weighted by Crippen LogP contribution is -2.19. The molecule has 6 nitrogen and oxygen atoms in total. The average Bonchev–Trinajstić information content (AvgIpc) is 2.81. The molecule has 1 atom stereocenters. The SMILES string of the molecule is Cc1ccc(NC(=O)Cn2cc(C(C)N)nn2)c(C)c1. The summed E-state index contributed by atoms with van der Waals surface area (Å²) in [7, 11) is 0. The molecule has 1 aromatic carbocycles. The number of carbonyl (C=O) groups excluding carboxylic acids is 1. The maximum Gasteiger partial charge on any atom is 0.246 e. The van der Waals surface area contributed by atoms with Crippen LogP contribution in [-0.4, -0.2) is 20.9 Å². The van der Waals surface area contributed by atoms with Crippen molar-refractivity contribution in [3.63, 3.8) is 0 Å². The highest BCUT2D eigenvalue weighted by atomic mass is 16.2. The first-order chi connectivity index (χ1) is 9.45. The van der Waals surface area contributed by atoms with Crippen LogP contribution in [0.1, 0.15) is 29.8 Å². The first-order valence-electron chi connectivity index (χ1n) is 6.48. The number of hydrogen-bond acceptors (Lipinski definition) is 4. The summed E-state index contributed by atoms with van der Waals surface area (Å²) < 4.78 is 1.48. The number of nitrogens with one attached hydrogen (secondary N) is 1. The Balaban J connectivity index is 2.01. The van der Waals surface area contributed by atoms with E-state index < -0.39 is 0 Å². The minimum Gasteiger partial charge on any atom is -0.324 e. The van der Waals surface area contributed by atoms with Crippen molar-refractivity contribution in [1.29, 1.82) is 0 Å². The summed E-state index contributed by atoms with van der Waals surface area (Å²) in [5.74, 6) is -0.141. The van der Waals surface area contributed by atoms with E-state index in [0.717, 1.165) is 11.3 Å². The molecule has 0 saturated carbocycles. The van der Waals surface area contributed by atoms with Crippen molar-refractivity contribution >= 4 is 11.6 Å². The average molecular weight is 273 g/mol. The van der Waals surface area contributed by atoms with Gasteiger partial charge in [-0.2, -0.15) is 0 Å². The van der Waals surface area contributed by atoms with E-state index in [1.165, 1.54) is 10.2 Å². The third-order valence-corrected chi connectivity index (χ3v) is 2.98. The van der Waals surface area contributed by atoms with Crippen molar-refractivity contribution < 1.29 is 4.79 Å². The van der Waals surface area contributed by atoms with E-state index in [0.29, 0.717) is 5.69 Å². The fourth-order valence-corrected chi connectivity index (χ4v) is 1.89. The van der Waals surface area contributed by atoms with Crippen LogP contribution in [0.2, 0.25) is 0 Å². The number of aromatic nitrogens is 3. The second kappa shape index (κ2) is 5.83. The van der Waals surface area contributed by atoms with Gasteiger partial charge in [0.15, 0.2) is 0 Å². The van der Waals surface area contributed by atoms with Crippen molar-refractivity contribution in [2.45, 2.75) is 33.4 Å². The lowest BCUT2D eigenvalue weighted by Gasteiger charge is -2.08. The van der Waals surface area contributed by atoms with Gasteiger partial charge in [0, 0.05) is 11.7 Å². The Morgan fingerprint density at radius 1 is 1.45 bits per heavy atom. The highest BCUT2D eigenvalue weighted by molar-refractivity contribution is 5.91. The maximum atomic E-state index is 12.0. The number of aryl methyl sites for hydroxylation is 2. The van der Waals surface area contributed by atoms with E-state index in [2.05, 4.69) is 15.6 Å². The fourth-order valence-electron chi connectivity index (χ4n) is 1.89. The van der Waals surface area contributed by atoms with Crippen LogP contribution in [0.5, 0.6) is 0 Å². The van der Waals surface area contributed by atoms with Crippen molar-refractivity contribution in [2.75, 3.05) is 5.32 Å². The lowest BCUT2D eigenvalue weighted by molar-refractivity contribution is -0.116. The summed E-state index contributed by atoms with van der Waals surface area (Å²) >= 11 is 0. The lowest BCUT2D eigenvalue weighted by atomic mass is 10.1. The fraction of sp³-hybridized carbons (Fsp3) is 0.357. The maximum absolute atomic E-state index is 12.0. The monoisotopic (exact) mass is 273 g/mol. The molecule has 1 unspecified atom stereocenters. The quantitative estimate of drug-likeness (QED) is 0.885. The summed E-state index contributed by atoms with van der Waals surface area (Å²) in [6.07, 6.45) is 1.69. The third kappa shape index (κ3) is 3.42. The Kier molecular flexibility index (Phi) is 4.14. The van der Waals surface area contributed by atoms with Crippen LogP contribution < -0.4 is 11.1 Å². The van der Waals surface area contributed by atoms with Gasteiger partial charge >= 0.3 is 0 Å². The van der Waals surface area contributed by atoms with Crippen molar-refractivity contribution in [1.82, 2.24) is 15.0 Å². The summed E-state index contributed by atoms with van der Waals surface area (Å²) in [5.41, 5.74) is 9.38. The molecule has 0 aliphatic carbocycles. The molecule has 20 heavy (non-hydrogen) atoms. The van der Waals surface area contributed by atoms with Crippen molar-refractivity contribution in [3.05, 3.63) is 41.2 Å². The zero-order valence-corrected chi connectivity index (χ0v) is 11.9. The molecule has 1 aromatic heterocycles. The second-order valence-corrected chi connectivity index (χ2v) is 5.00. The molecule has 0 saturated heterocycles. The Bertz CT molecular complexity index is 618. The highest BCUT2D eigenvalue weighted by Gasteiger charge is 2.09. The molecule has 1 amide bonds. The summed E-state index contributed by atoms with van der Waals surface area (Å²) in [4.78, 5) is 12.0. The molecule has 0 radical (unpaired) electrons. The molecule has 6 heteroatoms. The number of carbonyl (C=O) groups is 1. The van der Waals surface area contributed by atoms with Crippen LogP contribution >= 0.6 is 0 Å². The van der Waals surface area contributed by atoms with Crippen molar-refractivity contribution in [2.24, 2.45) is 5.73 Å². The van der Waals surface area contributed by atoms with Crippen LogP contribution in [0.4, 0.5) is 5.69 Å². The van der Waals surface area contributed by atoms with Gasteiger partial charge in [-0.25, -0.2) is 4.68 Å². The van der Waals surface area contributed by atoms with Gasteiger partial charge in [0.25, 0.3) is 0 Å². The molecule has 0 aliphatic heterocycles. The van der Waals surface area contributed by atoms with E-state index in [1.54, 1.807) is 6.20 Å². The van der Waals surface area contributed by atoms with Gasteiger partial charge in [0.2, 0.25) is 5.91 Å². The first kappa shape index (κ1) is 14.2. The highest BCUT2D eigenvalue weighted by Crippen LogP contribution is 2.16. The van der Waals surface area contributed by atoms with Gasteiger partial charge < -0.3 is 11.1 Å². The Hall–Kier alpha value is -2.21. The van der Waals surface area contributed by atoms with Gasteiger partial charge in [-0.3, -0.25) is 4.79 Å². The Labute approximate surface area is 118 Å². The number of benzene rings is 1. The molecular formula is C14H19N5O. The van der Waals surface area contributed by atoms with E-state index in [-0.39, 0.29) is 18.5 Å². The van der Waals surface area contributed by atoms with Crippen LogP contribution in [0, 0.1) is 13.8 Å². The Morgan fingerprint density at radius 2 is 2.20 bits per heavy atom. The van der Waals surface area contributed by atoms with E-state index in [4.69, 9.17) is 5.73 Å². The van der Waals surface area contributed by atoms with Crippen LogP contribution in [0.15, 0.2) is 24.4 Å². The van der Waals surface area contributed by atoms with Crippen molar-refractivity contribution in [3.8, 4) is 0 Å². The van der Waals surface area contributed by atoms with Crippen LogP contribution in [-0.2, 0) is 11.3 Å². The van der Waals surface area contributed by atoms with E-state index in [9.17, 15) is 4.79 Å². The molecule has 106 valence electrons. The van der Waals surface area contributed by atoms with E-state index in [1.807, 2.05) is 39.0 Å². The normalized spacial score (nSPS) is 12.2. The van der Waals surface area contributed by atoms with Crippen LogP contribution in [0.25, 0.3) is 0 Å². The molecular weight excluding hydrogens is 254 g/mol. The minimum absolute atomic E-state index is 0.118. The predicted molar refractivity (Wildman–Crippen MR) is 77.2 cm³/mol. The van der Waals surface area contributed by atoms with E-state index >= 15 is 0 Å². The summed E-state index contributed by atoms with van der Waals surface area (Å²) in [5, 5.41) is 10.7. The molecule has 0 spiro atoms. The number of hydrogen-bond donors (Lipinski definition) is 2. The molecule has 2 aromatic rings. The van der Waals surface area contributed by atoms with Gasteiger partial charge in [-0.1, -0.05) is 22.9 Å². The number of nitrogens with zero attached hydrogens (tertiary/aromatic N) is 3. The largest absolute Gasteiger partial charge is 0.324 e. The van der Waals surface area contributed by atoms with Gasteiger partial charge in [0.05, 0.1) is 11.9 Å². The second-order valence-electron chi connectivity index (χ2n) is 5.00. The zero-order valence-electron chi connectivity index (χ0n) is 11.9. The first-order valence-corrected chi connectivity index (χ1v) is 6.48. The zero-order chi connectivity index (χ0) is 14.7. The van der Waals surface area contributed by atoms with Gasteiger partial charge in [0.1, 0.15) is 6.54 Å². The molecule has 0 aliphatic rings. The van der Waals surface area contributed by atoms with Gasteiger partial charge in [-0.05, 0) is 32.4 Å². The number of amides is 1. The minimum atomic E-state index is -0.189. The summed E-state index contributed by atoms with van der Waals surface area (Å²) in [6, 6.07) is 5.70. The standard InChI is InChI=1S/C14H19N5O/c1-9-4-5-12(10(2)6-9)16-14(20)8-19-7-13(11(3)15)17-18-19/h4-7,11H,8,15H2,1-3H3,(H,16,20). The predicted octanol–water partition coefficient (Wildman–Crippen LogP) is 1.55. The smallest absolute Gasteiger partial charge is 0.246 e. The van der Waals surface area contributed by atoms with Crippen LogP contribution in [0.3, 0.4) is 0 Å². The molecule has 3 N–H and O–H groups in total. The molecule has 0 fully saturated rings. The molecule has 2 rings (SSSR count). The number of anilines is 1. The number of nitrogens with two attached hydrogens (primary N) is 1. The molecule has 1 heterocycles. The summed E-state index contributed by atoms with van der Waals surface area (Å²) in [6.45, 7) is 5.92. The number of rotatable bonds is 4. The third-order valence-electron chi connectivity index (χ3n) is 2.98.